The van der Waals surface area contributed by atoms with E-state index < -0.39 is 11.2 Å². The molecule has 3 rings (SSSR count). The molecule has 28 heavy (non-hydrogen) atoms. The molecule has 0 radical (unpaired) electrons. The average Bonchev–Trinajstić information content (AvgIpc) is 2.98. The number of nitrogens with two attached hydrogens (primary N) is 1. The summed E-state index contributed by atoms with van der Waals surface area (Å²) < 4.78 is 9.90. The van der Waals surface area contributed by atoms with Gasteiger partial charge in [-0.1, -0.05) is 11.2 Å². The Kier molecular flexibility index (Phi) is 5.63. The van der Waals surface area contributed by atoms with E-state index in [1.165, 1.54) is 4.57 Å². The number of halogens is 1. The van der Waals surface area contributed by atoms with Gasteiger partial charge in [-0.25, -0.2) is 4.79 Å². The van der Waals surface area contributed by atoms with Gasteiger partial charge >= 0.3 is 5.69 Å². The number of ether oxygens (including phenoxy) is 1. The van der Waals surface area contributed by atoms with Crippen molar-refractivity contribution >= 4 is 33.0 Å². The van der Waals surface area contributed by atoms with Crippen LogP contribution >= 0.6 is 15.9 Å². The summed E-state index contributed by atoms with van der Waals surface area (Å²) in [6, 6.07) is 5.50. The summed E-state index contributed by atoms with van der Waals surface area (Å²) in [5, 5.41) is 2.80. The molecule has 0 unspecified atom stereocenters. The number of fused-ring (bicyclic) bond motifs is 1. The second kappa shape index (κ2) is 7.97. The maximum Gasteiger partial charge on any atom is 0.332 e. The normalized spacial score (nSPS) is 11.1. The molecule has 0 amide bonds. The van der Waals surface area contributed by atoms with Crippen molar-refractivity contribution in [1.82, 2.24) is 18.7 Å². The maximum atomic E-state index is 12.9. The fraction of sp³-hybridized carbons (Fsp3) is 0.353. The monoisotopic (exact) mass is 450 g/mol. The van der Waals surface area contributed by atoms with Crippen LogP contribution in [0.25, 0.3) is 11.2 Å². The summed E-state index contributed by atoms with van der Waals surface area (Å²) in [6.45, 7) is 2.05. The quantitative estimate of drug-likeness (QED) is 0.543. The number of hydrogen-bond donors (Lipinski definition) is 1. The zero-order chi connectivity index (χ0) is 20.4. The summed E-state index contributed by atoms with van der Waals surface area (Å²) in [5.41, 5.74) is 6.26. The molecule has 0 aliphatic heterocycles. The second-order valence-electron chi connectivity index (χ2n) is 6.03. The van der Waals surface area contributed by atoms with Gasteiger partial charge < -0.3 is 15.0 Å². The molecule has 0 aliphatic rings. The topological polar surface area (TPSA) is 126 Å². The first-order valence-electron chi connectivity index (χ1n) is 8.53. The van der Waals surface area contributed by atoms with Crippen molar-refractivity contribution in [1.29, 1.82) is 0 Å². The van der Waals surface area contributed by atoms with Gasteiger partial charge in [0.05, 0.1) is 31.2 Å². The Labute approximate surface area is 167 Å². The molecule has 0 atom stereocenters. The largest absolute Gasteiger partial charge is 0.496 e. The van der Waals surface area contributed by atoms with Crippen molar-refractivity contribution in [2.45, 2.75) is 26.6 Å². The number of methoxy groups -OCH3 is 1. The molecule has 2 aromatic heterocycles. The van der Waals surface area contributed by atoms with E-state index in [0.29, 0.717) is 5.75 Å². The van der Waals surface area contributed by atoms with E-state index in [9.17, 15) is 14.5 Å². The highest BCUT2D eigenvalue weighted by atomic mass is 79.9. The van der Waals surface area contributed by atoms with E-state index in [0.717, 1.165) is 14.6 Å². The van der Waals surface area contributed by atoms with Gasteiger partial charge in [0.25, 0.3) is 5.56 Å². The predicted molar refractivity (Wildman–Crippen MR) is 109 cm³/mol. The molecule has 10 nitrogen and oxygen atoms in total. The van der Waals surface area contributed by atoms with Crippen LogP contribution in [0, 0.1) is 4.91 Å². The first-order valence-corrected chi connectivity index (χ1v) is 9.33. The van der Waals surface area contributed by atoms with Crippen molar-refractivity contribution in [3.8, 4) is 5.75 Å². The molecule has 0 saturated heterocycles. The Morgan fingerprint density at radius 2 is 2.00 bits per heavy atom. The number of benzene rings is 1. The number of hydrogen-bond acceptors (Lipinski definition) is 7. The molecule has 0 saturated carbocycles. The van der Waals surface area contributed by atoms with Crippen LogP contribution in [0.15, 0.2) is 37.4 Å². The third-order valence-electron chi connectivity index (χ3n) is 4.43. The van der Waals surface area contributed by atoms with E-state index in [-0.39, 0.29) is 43.3 Å². The van der Waals surface area contributed by atoms with Gasteiger partial charge in [0.15, 0.2) is 11.2 Å². The lowest BCUT2D eigenvalue weighted by Gasteiger charge is -2.11. The minimum Gasteiger partial charge on any atom is -0.496 e. The van der Waals surface area contributed by atoms with E-state index in [1.54, 1.807) is 24.7 Å². The van der Waals surface area contributed by atoms with Crippen molar-refractivity contribution in [2.75, 3.05) is 19.4 Å². The standard InChI is InChI=1S/C17H19BrN6O4/c1-3-22-15(25)13-14(23(17(22)26)7-6-20-27)21-16(19)24(13)9-10-4-5-12(28-2)11(18)8-10/h4-5,8H,3,6-7,9H2,1-2H3,(H2,19,21). The lowest BCUT2D eigenvalue weighted by atomic mass is 10.2. The predicted octanol–water partition coefficient (Wildman–Crippen LogP) is 1.55. The molecular weight excluding hydrogens is 432 g/mol. The third-order valence-corrected chi connectivity index (χ3v) is 5.05. The first-order chi connectivity index (χ1) is 13.4. The molecule has 2 N–H and O–H groups in total. The number of anilines is 1. The summed E-state index contributed by atoms with van der Waals surface area (Å²) in [6.07, 6.45) is 0. The zero-order valence-electron chi connectivity index (χ0n) is 15.4. The highest BCUT2D eigenvalue weighted by molar-refractivity contribution is 9.10. The van der Waals surface area contributed by atoms with Crippen LogP contribution in [-0.4, -0.2) is 32.3 Å². The second-order valence-corrected chi connectivity index (χ2v) is 6.89. The zero-order valence-corrected chi connectivity index (χ0v) is 17.0. The van der Waals surface area contributed by atoms with Crippen LogP contribution in [0.2, 0.25) is 0 Å². The Bertz CT molecular complexity index is 1160. The molecule has 0 fully saturated rings. The van der Waals surface area contributed by atoms with Gasteiger partial charge in [-0.15, -0.1) is 0 Å². The lowest BCUT2D eigenvalue weighted by Crippen LogP contribution is -2.40. The molecule has 2 heterocycles. The molecule has 11 heteroatoms. The Hall–Kier alpha value is -2.95. The Morgan fingerprint density at radius 1 is 1.25 bits per heavy atom. The summed E-state index contributed by atoms with van der Waals surface area (Å²) >= 11 is 3.43. The van der Waals surface area contributed by atoms with Crippen molar-refractivity contribution in [2.24, 2.45) is 5.18 Å². The number of nitrogens with zero attached hydrogens (tertiary/aromatic N) is 5. The molecule has 0 aliphatic carbocycles. The van der Waals surface area contributed by atoms with E-state index >= 15 is 0 Å². The molecule has 148 valence electrons. The van der Waals surface area contributed by atoms with Gasteiger partial charge in [0, 0.05) is 6.54 Å². The van der Waals surface area contributed by atoms with E-state index in [2.05, 4.69) is 26.1 Å². The van der Waals surface area contributed by atoms with Crippen LogP contribution in [0.3, 0.4) is 0 Å². The van der Waals surface area contributed by atoms with Crippen molar-refractivity contribution in [3.05, 3.63) is 54.0 Å². The van der Waals surface area contributed by atoms with E-state index in [1.807, 2.05) is 12.1 Å². The number of imidazole rings is 1. The Balaban J connectivity index is 2.22. The van der Waals surface area contributed by atoms with Gasteiger partial charge in [0.1, 0.15) is 5.75 Å². The maximum absolute atomic E-state index is 12.9. The third kappa shape index (κ3) is 3.33. The molecule has 1 aromatic carbocycles. The van der Waals surface area contributed by atoms with Crippen LogP contribution < -0.4 is 21.7 Å². The minimum absolute atomic E-state index is 0.0175. The molecule has 3 aromatic rings. The smallest absolute Gasteiger partial charge is 0.332 e. The Morgan fingerprint density at radius 3 is 2.61 bits per heavy atom. The van der Waals surface area contributed by atoms with Gasteiger partial charge in [-0.05, 0) is 40.5 Å². The van der Waals surface area contributed by atoms with Crippen LogP contribution in [-0.2, 0) is 19.6 Å². The number of aromatic nitrogens is 4. The number of rotatable bonds is 7. The summed E-state index contributed by atoms with van der Waals surface area (Å²) in [7, 11) is 1.57. The fourth-order valence-electron chi connectivity index (χ4n) is 3.08. The lowest BCUT2D eigenvalue weighted by molar-refractivity contribution is 0.412. The highest BCUT2D eigenvalue weighted by Crippen LogP contribution is 2.26. The minimum atomic E-state index is -0.541. The highest BCUT2D eigenvalue weighted by Gasteiger charge is 2.20. The van der Waals surface area contributed by atoms with Crippen LogP contribution in [0.1, 0.15) is 12.5 Å². The summed E-state index contributed by atoms with van der Waals surface area (Å²) in [4.78, 5) is 40.3. The van der Waals surface area contributed by atoms with Crippen LogP contribution in [0.4, 0.5) is 5.95 Å². The number of nitrogen functional groups attached to an aromatic ring is 1. The van der Waals surface area contributed by atoms with Crippen LogP contribution in [0.5, 0.6) is 5.75 Å². The van der Waals surface area contributed by atoms with Gasteiger partial charge in [-0.3, -0.25) is 13.9 Å². The first kappa shape index (κ1) is 19.8. The van der Waals surface area contributed by atoms with E-state index in [4.69, 9.17) is 10.5 Å². The molecule has 0 bridgehead atoms. The van der Waals surface area contributed by atoms with Gasteiger partial charge in [-0.2, -0.15) is 9.89 Å². The molecule has 0 spiro atoms. The summed E-state index contributed by atoms with van der Waals surface area (Å²) in [5.74, 6) is 0.774. The fourth-order valence-corrected chi connectivity index (χ4v) is 3.67. The van der Waals surface area contributed by atoms with Crippen molar-refractivity contribution < 1.29 is 4.74 Å². The van der Waals surface area contributed by atoms with Crippen molar-refractivity contribution in [3.63, 3.8) is 0 Å². The number of nitroso groups, excluding NO2 is 1. The van der Waals surface area contributed by atoms with Gasteiger partial charge in [0.2, 0.25) is 5.95 Å². The average molecular weight is 451 g/mol. The SMILES string of the molecule is CCn1c(=O)c2c(nc(N)n2Cc2ccc(OC)c(Br)c2)n(CCN=O)c1=O. The molecular formula is C17H19BrN6O4.